The van der Waals surface area contributed by atoms with Gasteiger partial charge in [-0.3, -0.25) is 9.69 Å². The monoisotopic (exact) mass is 458 g/mol. The highest BCUT2D eigenvalue weighted by molar-refractivity contribution is 6.00. The predicted octanol–water partition coefficient (Wildman–Crippen LogP) is 4.89. The van der Waals surface area contributed by atoms with E-state index in [0.717, 1.165) is 11.0 Å². The van der Waals surface area contributed by atoms with Crippen LogP contribution in [-0.2, 0) is 23.6 Å². The van der Waals surface area contributed by atoms with Crippen molar-refractivity contribution in [1.82, 2.24) is 0 Å². The minimum absolute atomic E-state index is 0.0128. The van der Waals surface area contributed by atoms with Crippen LogP contribution < -0.4 is 10.6 Å². The van der Waals surface area contributed by atoms with E-state index in [9.17, 15) is 35.5 Å². The minimum Gasteiger partial charge on any atom is -0.320 e. The van der Waals surface area contributed by atoms with Crippen molar-refractivity contribution in [3.63, 3.8) is 0 Å². The SMILES string of the molecule is NCC#CCN1C(=O)C(c2ccc(C(F)(F)F)cc2C(F)(F)F)CCc2cc(F)ccc21. The van der Waals surface area contributed by atoms with Gasteiger partial charge in [-0.25, -0.2) is 4.39 Å². The molecular formula is C22H17F7N2O. The van der Waals surface area contributed by atoms with Crippen molar-refractivity contribution in [1.29, 1.82) is 0 Å². The number of fused-ring (bicyclic) bond motifs is 1. The summed E-state index contributed by atoms with van der Waals surface area (Å²) in [5.74, 6) is 2.42. The van der Waals surface area contributed by atoms with E-state index in [-0.39, 0.29) is 37.7 Å². The van der Waals surface area contributed by atoms with E-state index in [2.05, 4.69) is 11.8 Å². The van der Waals surface area contributed by atoms with E-state index >= 15 is 0 Å². The summed E-state index contributed by atoms with van der Waals surface area (Å²) in [6.45, 7) is -0.230. The zero-order valence-corrected chi connectivity index (χ0v) is 16.4. The Morgan fingerprint density at radius 3 is 2.34 bits per heavy atom. The van der Waals surface area contributed by atoms with Crippen LogP contribution in [0.25, 0.3) is 0 Å². The molecular weight excluding hydrogens is 441 g/mol. The summed E-state index contributed by atoms with van der Waals surface area (Å²) < 4.78 is 93.9. The fraction of sp³-hybridized carbons (Fsp3) is 0.318. The maximum absolute atomic E-state index is 13.8. The van der Waals surface area contributed by atoms with Crippen molar-refractivity contribution in [2.45, 2.75) is 31.1 Å². The van der Waals surface area contributed by atoms with Crippen LogP contribution in [0.2, 0.25) is 0 Å². The van der Waals surface area contributed by atoms with Crippen LogP contribution >= 0.6 is 0 Å². The van der Waals surface area contributed by atoms with Gasteiger partial charge < -0.3 is 5.73 Å². The maximum atomic E-state index is 13.8. The van der Waals surface area contributed by atoms with E-state index in [0.29, 0.717) is 17.7 Å². The molecule has 3 rings (SSSR count). The van der Waals surface area contributed by atoms with E-state index in [1.807, 2.05) is 0 Å². The number of rotatable bonds is 2. The zero-order valence-electron chi connectivity index (χ0n) is 16.4. The molecule has 0 saturated heterocycles. The van der Waals surface area contributed by atoms with E-state index in [1.54, 1.807) is 0 Å². The van der Waals surface area contributed by atoms with Crippen LogP contribution in [0.1, 0.15) is 34.6 Å². The van der Waals surface area contributed by atoms with Crippen molar-refractivity contribution in [3.05, 3.63) is 64.5 Å². The Balaban J connectivity index is 2.13. The molecule has 1 unspecified atom stereocenters. The predicted molar refractivity (Wildman–Crippen MR) is 103 cm³/mol. The average molecular weight is 458 g/mol. The summed E-state index contributed by atoms with van der Waals surface area (Å²) in [5.41, 5.74) is 2.42. The molecule has 0 aromatic heterocycles. The maximum Gasteiger partial charge on any atom is 0.416 e. The Kier molecular flexibility index (Phi) is 6.51. The number of nitrogens with two attached hydrogens (primary N) is 1. The van der Waals surface area contributed by atoms with Crippen molar-refractivity contribution in [2.24, 2.45) is 5.73 Å². The molecule has 1 aliphatic rings. The molecule has 0 saturated carbocycles. The Morgan fingerprint density at radius 1 is 1.00 bits per heavy atom. The lowest BCUT2D eigenvalue weighted by atomic mass is 9.88. The van der Waals surface area contributed by atoms with Gasteiger partial charge in [0.05, 0.1) is 30.1 Å². The number of carbonyl (C=O) groups excluding carboxylic acids is 1. The first-order valence-electron chi connectivity index (χ1n) is 9.47. The van der Waals surface area contributed by atoms with Gasteiger partial charge in [-0.05, 0) is 54.3 Å². The smallest absolute Gasteiger partial charge is 0.320 e. The van der Waals surface area contributed by atoms with Gasteiger partial charge in [-0.2, -0.15) is 26.3 Å². The molecule has 3 nitrogen and oxygen atoms in total. The van der Waals surface area contributed by atoms with Crippen molar-refractivity contribution >= 4 is 11.6 Å². The minimum atomic E-state index is -5.12. The number of anilines is 1. The van der Waals surface area contributed by atoms with Crippen LogP contribution in [0.15, 0.2) is 36.4 Å². The topological polar surface area (TPSA) is 46.3 Å². The normalized spacial score (nSPS) is 16.8. The van der Waals surface area contributed by atoms with Crippen LogP contribution in [0, 0.1) is 17.7 Å². The lowest BCUT2D eigenvalue weighted by Gasteiger charge is -2.26. The van der Waals surface area contributed by atoms with E-state index in [4.69, 9.17) is 5.73 Å². The average Bonchev–Trinajstić information content (AvgIpc) is 2.83. The van der Waals surface area contributed by atoms with Crippen LogP contribution in [0.3, 0.4) is 0 Å². The molecule has 0 fully saturated rings. The molecule has 1 amide bonds. The summed E-state index contributed by atoms with van der Waals surface area (Å²) in [5, 5.41) is 0. The highest BCUT2D eigenvalue weighted by atomic mass is 19.4. The third-order valence-corrected chi connectivity index (χ3v) is 5.12. The standard InChI is InChI=1S/C22H17F7N2O/c23-15-5-8-19-13(11-15)3-6-17(20(32)31(19)10-2-1-9-30)16-7-4-14(21(24,25)26)12-18(16)22(27,28)29/h4-5,7-8,11-12,17H,3,6,9-10,30H2. The first-order valence-corrected chi connectivity index (χ1v) is 9.47. The molecule has 0 radical (unpaired) electrons. The Morgan fingerprint density at radius 2 is 1.72 bits per heavy atom. The molecule has 2 N–H and O–H groups in total. The van der Waals surface area contributed by atoms with Crippen molar-refractivity contribution in [3.8, 4) is 11.8 Å². The number of benzene rings is 2. The lowest BCUT2D eigenvalue weighted by Crippen LogP contribution is -2.35. The van der Waals surface area contributed by atoms with Gasteiger partial charge in [-0.1, -0.05) is 17.9 Å². The molecule has 2 aromatic rings. The third-order valence-electron chi connectivity index (χ3n) is 5.12. The zero-order chi connectivity index (χ0) is 23.7. The Hall–Kier alpha value is -3.06. The second-order valence-electron chi connectivity index (χ2n) is 7.14. The molecule has 0 aliphatic carbocycles. The van der Waals surface area contributed by atoms with Crippen molar-refractivity contribution in [2.75, 3.05) is 18.0 Å². The molecule has 170 valence electrons. The molecule has 10 heteroatoms. The van der Waals surface area contributed by atoms with Gasteiger partial charge in [0.1, 0.15) is 5.82 Å². The highest BCUT2D eigenvalue weighted by Gasteiger charge is 2.42. The van der Waals surface area contributed by atoms with Crippen LogP contribution in [0.5, 0.6) is 0 Å². The summed E-state index contributed by atoms with van der Waals surface area (Å²) >= 11 is 0. The fourth-order valence-electron chi connectivity index (χ4n) is 3.69. The molecule has 1 heterocycles. The summed E-state index contributed by atoms with van der Waals surface area (Å²) in [6.07, 6.45) is -10.2. The van der Waals surface area contributed by atoms with Gasteiger partial charge in [0, 0.05) is 5.69 Å². The van der Waals surface area contributed by atoms with E-state index < -0.39 is 46.7 Å². The number of alkyl halides is 6. The third kappa shape index (κ3) is 4.88. The first kappa shape index (κ1) is 23.6. The van der Waals surface area contributed by atoms with Gasteiger partial charge in [0.2, 0.25) is 5.91 Å². The molecule has 2 aromatic carbocycles. The van der Waals surface area contributed by atoms with E-state index in [1.165, 1.54) is 12.1 Å². The molecule has 1 aliphatic heterocycles. The van der Waals surface area contributed by atoms with Gasteiger partial charge >= 0.3 is 12.4 Å². The van der Waals surface area contributed by atoms with Gasteiger partial charge in [-0.15, -0.1) is 0 Å². The Labute approximate surface area is 179 Å². The number of carbonyl (C=O) groups is 1. The number of hydrogen-bond acceptors (Lipinski definition) is 2. The highest BCUT2D eigenvalue weighted by Crippen LogP contribution is 2.42. The van der Waals surface area contributed by atoms with Gasteiger partial charge in [0.25, 0.3) is 0 Å². The lowest BCUT2D eigenvalue weighted by molar-refractivity contribution is -0.143. The second-order valence-corrected chi connectivity index (χ2v) is 7.14. The quantitative estimate of drug-likeness (QED) is 0.515. The molecule has 0 spiro atoms. The van der Waals surface area contributed by atoms with Crippen molar-refractivity contribution < 1.29 is 35.5 Å². The number of nitrogens with zero attached hydrogens (tertiary/aromatic N) is 1. The summed E-state index contributed by atoms with van der Waals surface area (Å²) in [4.78, 5) is 14.4. The number of halogens is 7. The first-order chi connectivity index (χ1) is 14.9. The Bertz CT molecular complexity index is 1080. The molecule has 32 heavy (non-hydrogen) atoms. The summed E-state index contributed by atoms with van der Waals surface area (Å²) in [6, 6.07) is 4.83. The van der Waals surface area contributed by atoms with Crippen LogP contribution in [0.4, 0.5) is 36.4 Å². The van der Waals surface area contributed by atoms with Gasteiger partial charge in [0.15, 0.2) is 0 Å². The number of aryl methyl sites for hydroxylation is 1. The number of hydrogen-bond donors (Lipinski definition) is 1. The fourth-order valence-corrected chi connectivity index (χ4v) is 3.69. The largest absolute Gasteiger partial charge is 0.416 e. The van der Waals surface area contributed by atoms with Crippen LogP contribution in [-0.4, -0.2) is 19.0 Å². The second kappa shape index (κ2) is 8.82. The number of amides is 1. The molecule has 0 bridgehead atoms. The summed E-state index contributed by atoms with van der Waals surface area (Å²) in [7, 11) is 0. The molecule has 1 atom stereocenters.